The first-order valence-electron chi connectivity index (χ1n) is 4.37. The summed E-state index contributed by atoms with van der Waals surface area (Å²) >= 11 is 3.09. The van der Waals surface area contributed by atoms with Crippen LogP contribution in [0.5, 0.6) is 0 Å². The Balaban J connectivity index is 0.00000289. The summed E-state index contributed by atoms with van der Waals surface area (Å²) < 4.78 is 23.2. The van der Waals surface area contributed by atoms with E-state index < -0.39 is 21.7 Å². The van der Waals surface area contributed by atoms with Crippen molar-refractivity contribution in [2.45, 2.75) is 4.90 Å². The molecular weight excluding hydrogens is 346 g/mol. The maximum absolute atomic E-state index is 11.5. The molecule has 0 atom stereocenters. The van der Waals surface area contributed by atoms with E-state index in [2.05, 4.69) is 21.2 Å². The van der Waals surface area contributed by atoms with Crippen LogP contribution in [0.1, 0.15) is 10.4 Å². The van der Waals surface area contributed by atoms with Crippen LogP contribution in [0.3, 0.4) is 0 Å². The number of sulfone groups is 1. The molecule has 0 aliphatic heterocycles. The van der Waals surface area contributed by atoms with Gasteiger partial charge in [-0.1, -0.05) is 0 Å². The van der Waals surface area contributed by atoms with Crippen molar-refractivity contribution in [2.24, 2.45) is 5.73 Å². The Labute approximate surface area is 119 Å². The summed E-state index contributed by atoms with van der Waals surface area (Å²) in [6.07, 6.45) is 1.04. The molecule has 0 saturated carbocycles. The molecule has 0 heterocycles. The van der Waals surface area contributed by atoms with Gasteiger partial charge in [-0.2, -0.15) is 0 Å². The molecule has 1 aromatic carbocycles. The lowest BCUT2D eigenvalue weighted by atomic mass is 10.2. The zero-order valence-corrected chi connectivity index (χ0v) is 12.4. The summed E-state index contributed by atoms with van der Waals surface area (Å²) in [5.41, 5.74) is 5.12. The quantitative estimate of drug-likeness (QED) is 0.539. The molecular formula is C9H11BrClN3O3S. The van der Waals surface area contributed by atoms with Crippen LogP contribution in [0.25, 0.3) is 0 Å². The number of benzene rings is 1. The number of guanidine groups is 1. The largest absolute Gasteiger partial charge is 0.370 e. The normalized spacial score (nSPS) is 10.3. The van der Waals surface area contributed by atoms with Gasteiger partial charge in [0.15, 0.2) is 15.8 Å². The Bertz CT molecular complexity index is 589. The highest BCUT2D eigenvalue weighted by Crippen LogP contribution is 2.23. The fourth-order valence-corrected chi connectivity index (χ4v) is 3.02. The minimum Gasteiger partial charge on any atom is -0.370 e. The number of carbonyl (C=O) groups is 1. The standard InChI is InChI=1S/C9H10BrN3O3S.ClH/c1-17(15,16)7-4-5(2-3-6(7)10)8(14)13-9(11)12;/h2-4H,1H3,(H4,11,12,13,14);1H. The van der Waals surface area contributed by atoms with E-state index in [-0.39, 0.29) is 22.9 Å². The Hall–Kier alpha value is -1.12. The maximum Gasteiger partial charge on any atom is 0.257 e. The molecule has 0 fully saturated rings. The van der Waals surface area contributed by atoms with Crippen LogP contribution in [0, 0.1) is 5.41 Å². The highest BCUT2D eigenvalue weighted by Gasteiger charge is 2.15. The van der Waals surface area contributed by atoms with Crippen molar-refractivity contribution < 1.29 is 13.2 Å². The summed E-state index contributed by atoms with van der Waals surface area (Å²) in [5, 5.41) is 8.98. The molecule has 0 aromatic heterocycles. The SMILES string of the molecule is CS(=O)(=O)c1cc(C(=O)NC(=N)N)ccc1Br.Cl. The van der Waals surface area contributed by atoms with Gasteiger partial charge in [0.05, 0.1) is 4.90 Å². The highest BCUT2D eigenvalue weighted by molar-refractivity contribution is 9.10. The van der Waals surface area contributed by atoms with E-state index in [9.17, 15) is 13.2 Å². The van der Waals surface area contributed by atoms with E-state index in [1.807, 2.05) is 0 Å². The molecule has 0 spiro atoms. The molecule has 1 aromatic rings. The molecule has 9 heteroatoms. The van der Waals surface area contributed by atoms with Gasteiger partial charge < -0.3 is 5.73 Å². The zero-order chi connectivity index (χ0) is 13.2. The second-order valence-corrected chi connectivity index (χ2v) is 6.12. The zero-order valence-electron chi connectivity index (χ0n) is 9.23. The number of hydrogen-bond donors (Lipinski definition) is 3. The number of nitrogens with one attached hydrogen (secondary N) is 2. The van der Waals surface area contributed by atoms with Crippen LogP contribution in [-0.4, -0.2) is 26.5 Å². The van der Waals surface area contributed by atoms with Gasteiger partial charge in [0.1, 0.15) is 0 Å². The van der Waals surface area contributed by atoms with E-state index in [1.165, 1.54) is 18.2 Å². The molecule has 0 bridgehead atoms. The predicted octanol–water partition coefficient (Wildman–Crippen LogP) is 0.898. The lowest BCUT2D eigenvalue weighted by Crippen LogP contribution is -2.35. The van der Waals surface area contributed by atoms with Crippen LogP contribution in [0.4, 0.5) is 0 Å². The van der Waals surface area contributed by atoms with Gasteiger partial charge in [-0.05, 0) is 34.1 Å². The second-order valence-electron chi connectivity index (χ2n) is 3.29. The third-order valence-corrected chi connectivity index (χ3v) is 3.93. The fraction of sp³-hybridized carbons (Fsp3) is 0.111. The average molecular weight is 357 g/mol. The van der Waals surface area contributed by atoms with Crippen LogP contribution in [0.15, 0.2) is 27.6 Å². The molecule has 18 heavy (non-hydrogen) atoms. The number of nitrogens with two attached hydrogens (primary N) is 1. The average Bonchev–Trinajstić information content (AvgIpc) is 2.15. The monoisotopic (exact) mass is 355 g/mol. The third-order valence-electron chi connectivity index (χ3n) is 1.84. The maximum atomic E-state index is 11.5. The highest BCUT2D eigenvalue weighted by atomic mass is 79.9. The van der Waals surface area contributed by atoms with Gasteiger partial charge in [0.25, 0.3) is 5.91 Å². The van der Waals surface area contributed by atoms with Gasteiger partial charge in [-0.3, -0.25) is 15.5 Å². The molecule has 100 valence electrons. The van der Waals surface area contributed by atoms with E-state index in [0.717, 1.165) is 6.26 Å². The molecule has 6 nitrogen and oxygen atoms in total. The van der Waals surface area contributed by atoms with Crippen molar-refractivity contribution in [1.82, 2.24) is 5.32 Å². The summed E-state index contributed by atoms with van der Waals surface area (Å²) in [6.45, 7) is 0. The van der Waals surface area contributed by atoms with Crippen molar-refractivity contribution in [2.75, 3.05) is 6.26 Å². The molecule has 1 rings (SSSR count). The molecule has 1 amide bonds. The fourth-order valence-electron chi connectivity index (χ4n) is 1.12. The van der Waals surface area contributed by atoms with E-state index >= 15 is 0 Å². The first kappa shape index (κ1) is 16.9. The van der Waals surface area contributed by atoms with Gasteiger partial charge in [-0.25, -0.2) is 8.42 Å². The van der Waals surface area contributed by atoms with E-state index in [4.69, 9.17) is 11.1 Å². The number of rotatable bonds is 2. The third kappa shape index (κ3) is 4.28. The van der Waals surface area contributed by atoms with Crippen molar-refractivity contribution in [1.29, 1.82) is 5.41 Å². The van der Waals surface area contributed by atoms with Gasteiger partial charge in [-0.15, -0.1) is 12.4 Å². The Morgan fingerprint density at radius 2 is 2.00 bits per heavy atom. The number of halogens is 2. The minimum absolute atomic E-state index is 0. The number of hydrogen-bond acceptors (Lipinski definition) is 4. The van der Waals surface area contributed by atoms with E-state index in [0.29, 0.717) is 4.47 Å². The Kier molecular flexibility index (Phi) is 5.78. The molecule has 0 aliphatic rings. The summed E-state index contributed by atoms with van der Waals surface area (Å²) in [4.78, 5) is 11.5. The second kappa shape index (κ2) is 6.17. The first-order chi connectivity index (χ1) is 7.71. The molecule has 4 N–H and O–H groups in total. The lowest BCUT2D eigenvalue weighted by molar-refractivity contribution is 0.0976. The van der Waals surface area contributed by atoms with Gasteiger partial charge in [0.2, 0.25) is 0 Å². The van der Waals surface area contributed by atoms with Crippen LogP contribution in [-0.2, 0) is 9.84 Å². The lowest BCUT2D eigenvalue weighted by Gasteiger charge is -2.06. The minimum atomic E-state index is -3.43. The summed E-state index contributed by atoms with van der Waals surface area (Å²) in [5.74, 6) is -1.13. The molecule has 0 aliphatic carbocycles. The number of amides is 1. The van der Waals surface area contributed by atoms with Crippen molar-refractivity contribution in [3.05, 3.63) is 28.2 Å². The van der Waals surface area contributed by atoms with Crippen molar-refractivity contribution in [3.63, 3.8) is 0 Å². The molecule has 0 radical (unpaired) electrons. The van der Waals surface area contributed by atoms with Gasteiger partial charge >= 0.3 is 0 Å². The summed E-state index contributed by atoms with van der Waals surface area (Å²) in [7, 11) is -3.43. The Morgan fingerprint density at radius 3 is 2.44 bits per heavy atom. The first-order valence-corrected chi connectivity index (χ1v) is 7.05. The smallest absolute Gasteiger partial charge is 0.257 e. The van der Waals surface area contributed by atoms with Crippen molar-refractivity contribution >= 4 is 50.0 Å². The molecule has 0 saturated heterocycles. The van der Waals surface area contributed by atoms with Crippen molar-refractivity contribution in [3.8, 4) is 0 Å². The van der Waals surface area contributed by atoms with Crippen LogP contribution in [0.2, 0.25) is 0 Å². The number of carbonyl (C=O) groups excluding carboxylic acids is 1. The predicted molar refractivity (Wildman–Crippen MR) is 73.9 cm³/mol. The topological polar surface area (TPSA) is 113 Å². The van der Waals surface area contributed by atoms with Crippen LogP contribution < -0.4 is 11.1 Å². The van der Waals surface area contributed by atoms with Crippen LogP contribution >= 0.6 is 28.3 Å². The van der Waals surface area contributed by atoms with Gasteiger partial charge in [0, 0.05) is 16.3 Å². The Morgan fingerprint density at radius 1 is 1.44 bits per heavy atom. The van der Waals surface area contributed by atoms with E-state index in [1.54, 1.807) is 0 Å². The summed E-state index contributed by atoms with van der Waals surface area (Å²) in [6, 6.07) is 4.10. The molecule has 0 unspecified atom stereocenters.